The number of hydrogen-bond acceptors (Lipinski definition) is 3. The van der Waals surface area contributed by atoms with Crippen LogP contribution < -0.4 is 15.5 Å². The van der Waals surface area contributed by atoms with Crippen LogP contribution in [-0.2, 0) is 16.0 Å². The van der Waals surface area contributed by atoms with Gasteiger partial charge in [0.05, 0.1) is 6.54 Å². The summed E-state index contributed by atoms with van der Waals surface area (Å²) in [6, 6.07) is 8.15. The molecule has 1 aromatic rings. The van der Waals surface area contributed by atoms with Crippen LogP contribution in [0.2, 0.25) is 0 Å². The van der Waals surface area contributed by atoms with Crippen LogP contribution in [-0.4, -0.2) is 51.8 Å². The summed E-state index contributed by atoms with van der Waals surface area (Å²) in [5.74, 6) is 0.722. The Labute approximate surface area is 157 Å². The van der Waals surface area contributed by atoms with Crippen molar-refractivity contribution >= 4 is 17.6 Å². The van der Waals surface area contributed by atoms with Crippen molar-refractivity contribution in [3.05, 3.63) is 29.8 Å². The van der Waals surface area contributed by atoms with Gasteiger partial charge in [0.2, 0.25) is 5.91 Å². The summed E-state index contributed by atoms with van der Waals surface area (Å²) >= 11 is 0. The highest BCUT2D eigenvalue weighted by molar-refractivity contribution is 5.98. The standard InChI is InChI=1S/C20H32N4O2/c1-3-4-14-26-15-8-12-22-20(21-2)23-16-19(25)24-13-7-10-17-9-5-6-11-18(17)24/h5-6,9,11H,3-4,7-8,10,12-16H2,1-2H3,(H2,21,22,23). The number of nitrogens with one attached hydrogen (secondary N) is 2. The fourth-order valence-corrected chi connectivity index (χ4v) is 3.00. The van der Waals surface area contributed by atoms with Crippen LogP contribution in [0.4, 0.5) is 5.69 Å². The predicted octanol–water partition coefficient (Wildman–Crippen LogP) is 2.34. The van der Waals surface area contributed by atoms with Gasteiger partial charge in [-0.15, -0.1) is 0 Å². The van der Waals surface area contributed by atoms with E-state index in [9.17, 15) is 4.79 Å². The summed E-state index contributed by atoms with van der Waals surface area (Å²) in [5, 5.41) is 6.34. The molecule has 0 saturated carbocycles. The van der Waals surface area contributed by atoms with E-state index in [0.29, 0.717) is 5.96 Å². The summed E-state index contributed by atoms with van der Waals surface area (Å²) in [6.07, 6.45) is 5.23. The topological polar surface area (TPSA) is 66.0 Å². The molecule has 0 bridgehead atoms. The molecule has 1 heterocycles. The van der Waals surface area contributed by atoms with Crippen molar-refractivity contribution in [2.75, 3.05) is 44.8 Å². The number of fused-ring (bicyclic) bond motifs is 1. The van der Waals surface area contributed by atoms with Crippen LogP contribution in [0.3, 0.4) is 0 Å². The summed E-state index contributed by atoms with van der Waals surface area (Å²) in [5.41, 5.74) is 2.29. The number of aryl methyl sites for hydroxylation is 1. The minimum atomic E-state index is 0.0722. The molecular weight excluding hydrogens is 328 g/mol. The smallest absolute Gasteiger partial charge is 0.246 e. The number of guanidine groups is 1. The lowest BCUT2D eigenvalue weighted by Gasteiger charge is -2.29. The number of carbonyl (C=O) groups is 1. The summed E-state index contributed by atoms with van der Waals surface area (Å²) in [6.45, 7) is 5.51. The number of hydrogen-bond donors (Lipinski definition) is 2. The largest absolute Gasteiger partial charge is 0.381 e. The van der Waals surface area contributed by atoms with Crippen LogP contribution in [0.1, 0.15) is 38.2 Å². The van der Waals surface area contributed by atoms with Gasteiger partial charge in [0.15, 0.2) is 5.96 Å². The van der Waals surface area contributed by atoms with Crippen molar-refractivity contribution < 1.29 is 9.53 Å². The molecule has 1 aromatic carbocycles. The Morgan fingerprint density at radius 1 is 1.23 bits per heavy atom. The van der Waals surface area contributed by atoms with Gasteiger partial charge in [0.25, 0.3) is 0 Å². The maximum atomic E-state index is 12.6. The zero-order valence-corrected chi connectivity index (χ0v) is 16.1. The van der Waals surface area contributed by atoms with Gasteiger partial charge in [-0.25, -0.2) is 0 Å². The van der Waals surface area contributed by atoms with E-state index in [0.717, 1.165) is 64.1 Å². The van der Waals surface area contributed by atoms with Crippen LogP contribution in [0.5, 0.6) is 0 Å². The number of rotatable bonds is 9. The minimum absolute atomic E-state index is 0.0722. The van der Waals surface area contributed by atoms with Crippen molar-refractivity contribution in [2.24, 2.45) is 4.99 Å². The van der Waals surface area contributed by atoms with E-state index >= 15 is 0 Å². The van der Waals surface area contributed by atoms with Gasteiger partial charge < -0.3 is 20.3 Å². The Kier molecular flexibility index (Phi) is 8.96. The number of amides is 1. The lowest BCUT2D eigenvalue weighted by molar-refractivity contribution is -0.117. The average molecular weight is 361 g/mol. The van der Waals surface area contributed by atoms with Crippen molar-refractivity contribution in [3.8, 4) is 0 Å². The molecular formula is C20H32N4O2. The highest BCUT2D eigenvalue weighted by Gasteiger charge is 2.21. The first kappa shape index (κ1) is 20.2. The minimum Gasteiger partial charge on any atom is -0.381 e. The predicted molar refractivity (Wildman–Crippen MR) is 107 cm³/mol. The van der Waals surface area contributed by atoms with Gasteiger partial charge in [-0.1, -0.05) is 31.5 Å². The quantitative estimate of drug-likeness (QED) is 0.403. The van der Waals surface area contributed by atoms with Crippen molar-refractivity contribution in [2.45, 2.75) is 39.0 Å². The van der Waals surface area contributed by atoms with Crippen molar-refractivity contribution in [3.63, 3.8) is 0 Å². The number of ether oxygens (including phenoxy) is 1. The van der Waals surface area contributed by atoms with Crippen LogP contribution in [0.25, 0.3) is 0 Å². The lowest BCUT2D eigenvalue weighted by atomic mass is 10.0. The molecule has 0 radical (unpaired) electrons. The van der Waals surface area contributed by atoms with E-state index in [1.54, 1.807) is 7.05 Å². The van der Waals surface area contributed by atoms with E-state index in [1.807, 2.05) is 23.1 Å². The zero-order valence-electron chi connectivity index (χ0n) is 16.1. The molecule has 6 heteroatoms. The number of aliphatic imine (C=N–C) groups is 1. The number of benzene rings is 1. The molecule has 144 valence electrons. The first-order valence-electron chi connectivity index (χ1n) is 9.66. The molecule has 26 heavy (non-hydrogen) atoms. The fraction of sp³-hybridized carbons (Fsp3) is 0.600. The monoisotopic (exact) mass is 360 g/mol. The molecule has 0 fully saturated rings. The van der Waals surface area contributed by atoms with Gasteiger partial charge in [0, 0.05) is 39.0 Å². The first-order valence-corrected chi connectivity index (χ1v) is 9.66. The van der Waals surface area contributed by atoms with E-state index in [4.69, 9.17) is 4.74 Å². The van der Waals surface area contributed by atoms with E-state index in [-0.39, 0.29) is 12.5 Å². The fourth-order valence-electron chi connectivity index (χ4n) is 3.00. The van der Waals surface area contributed by atoms with Crippen molar-refractivity contribution in [1.29, 1.82) is 0 Å². The highest BCUT2D eigenvalue weighted by atomic mass is 16.5. The number of para-hydroxylation sites is 1. The van der Waals surface area contributed by atoms with E-state index in [2.05, 4.69) is 28.6 Å². The Morgan fingerprint density at radius 2 is 2.04 bits per heavy atom. The number of anilines is 1. The lowest BCUT2D eigenvalue weighted by Crippen LogP contribution is -2.46. The molecule has 2 rings (SSSR count). The van der Waals surface area contributed by atoms with E-state index < -0.39 is 0 Å². The number of unbranched alkanes of at least 4 members (excludes halogenated alkanes) is 1. The normalized spacial score (nSPS) is 14.1. The molecule has 1 aliphatic rings. The third kappa shape index (κ3) is 6.33. The van der Waals surface area contributed by atoms with Gasteiger partial charge in [-0.05, 0) is 37.3 Å². The van der Waals surface area contributed by atoms with Gasteiger partial charge in [0.1, 0.15) is 0 Å². The molecule has 0 atom stereocenters. The van der Waals surface area contributed by atoms with Gasteiger partial charge in [-0.2, -0.15) is 0 Å². The maximum absolute atomic E-state index is 12.6. The Hall–Kier alpha value is -2.08. The highest BCUT2D eigenvalue weighted by Crippen LogP contribution is 2.26. The third-order valence-corrected chi connectivity index (χ3v) is 4.44. The second kappa shape index (κ2) is 11.5. The molecule has 0 spiro atoms. The van der Waals surface area contributed by atoms with E-state index in [1.165, 1.54) is 5.56 Å². The van der Waals surface area contributed by atoms with Crippen LogP contribution in [0.15, 0.2) is 29.3 Å². The second-order valence-corrected chi connectivity index (χ2v) is 6.45. The zero-order chi connectivity index (χ0) is 18.6. The van der Waals surface area contributed by atoms with Crippen LogP contribution >= 0.6 is 0 Å². The second-order valence-electron chi connectivity index (χ2n) is 6.45. The maximum Gasteiger partial charge on any atom is 0.246 e. The average Bonchev–Trinajstić information content (AvgIpc) is 2.68. The summed E-state index contributed by atoms with van der Waals surface area (Å²) in [7, 11) is 1.72. The molecule has 0 unspecified atom stereocenters. The number of nitrogens with zero attached hydrogens (tertiary/aromatic N) is 2. The SMILES string of the molecule is CCCCOCCCNC(=NC)NCC(=O)N1CCCc2ccccc21. The molecule has 0 saturated heterocycles. The Balaban J connectivity index is 1.71. The molecule has 1 amide bonds. The van der Waals surface area contributed by atoms with Gasteiger partial charge >= 0.3 is 0 Å². The number of carbonyl (C=O) groups excluding carboxylic acids is 1. The van der Waals surface area contributed by atoms with Crippen molar-refractivity contribution in [1.82, 2.24) is 10.6 Å². The van der Waals surface area contributed by atoms with Crippen LogP contribution in [0, 0.1) is 0 Å². The molecule has 0 aromatic heterocycles. The molecule has 2 N–H and O–H groups in total. The molecule has 6 nitrogen and oxygen atoms in total. The third-order valence-electron chi connectivity index (χ3n) is 4.44. The summed E-state index contributed by atoms with van der Waals surface area (Å²) < 4.78 is 5.54. The Bertz CT molecular complexity index is 589. The Morgan fingerprint density at radius 3 is 2.85 bits per heavy atom. The summed E-state index contributed by atoms with van der Waals surface area (Å²) in [4.78, 5) is 18.7. The first-order chi connectivity index (χ1) is 12.8. The van der Waals surface area contributed by atoms with Gasteiger partial charge in [-0.3, -0.25) is 9.79 Å². The molecule has 0 aliphatic carbocycles. The molecule has 1 aliphatic heterocycles.